The summed E-state index contributed by atoms with van der Waals surface area (Å²) in [4.78, 5) is 4.43. The maximum atomic E-state index is 11.6. The number of hydrogen-bond acceptors (Lipinski definition) is 7. The molecule has 0 amide bonds. The van der Waals surface area contributed by atoms with E-state index in [0.717, 1.165) is 16.6 Å². The molecule has 11 heteroatoms. The standard InChI is InChI=1S/C13H10N2O3S.CH4O4S/c1-9-5-4-8-12-13(9)14-10-6-2-3-7-11(10)15(12)19(16,17)18;1-5-6(2,3)4/h2-8H,1H3;1H3,(H,2,3,4). The summed E-state index contributed by atoms with van der Waals surface area (Å²) < 4.78 is 65.2. The summed E-state index contributed by atoms with van der Waals surface area (Å²) in [5.41, 5.74) is 2.40. The first-order valence-corrected chi connectivity index (χ1v) is 9.47. The molecule has 0 aliphatic rings. The van der Waals surface area contributed by atoms with Crippen LogP contribution in [0.3, 0.4) is 0 Å². The fourth-order valence-electron chi connectivity index (χ4n) is 2.17. The highest BCUT2D eigenvalue weighted by molar-refractivity contribution is 7.80. The van der Waals surface area contributed by atoms with E-state index in [0.29, 0.717) is 16.6 Å². The quantitative estimate of drug-likeness (QED) is 0.386. The van der Waals surface area contributed by atoms with Crippen molar-refractivity contribution < 1.29 is 34.1 Å². The van der Waals surface area contributed by atoms with Gasteiger partial charge in [-0.25, -0.2) is 4.98 Å². The highest BCUT2D eigenvalue weighted by Gasteiger charge is 2.22. The molecule has 3 rings (SSSR count). The van der Waals surface area contributed by atoms with Crippen LogP contribution in [0, 0.1) is 6.92 Å². The van der Waals surface area contributed by atoms with Gasteiger partial charge >= 0.3 is 20.7 Å². The molecule has 0 unspecified atom stereocenters. The summed E-state index contributed by atoms with van der Waals surface area (Å²) in [6.07, 6.45) is 0. The van der Waals surface area contributed by atoms with Gasteiger partial charge in [0.25, 0.3) is 0 Å². The zero-order valence-electron chi connectivity index (χ0n) is 13.1. The van der Waals surface area contributed by atoms with Crippen molar-refractivity contribution in [2.45, 2.75) is 6.92 Å². The Bertz CT molecular complexity index is 1140. The van der Waals surface area contributed by atoms with E-state index >= 15 is 0 Å². The largest absolute Gasteiger partial charge is 0.693 e. The number of aromatic nitrogens is 2. The first kappa shape index (κ1) is 19.1. The minimum absolute atomic E-state index is 0.288. The van der Waals surface area contributed by atoms with Crippen LogP contribution in [-0.4, -0.2) is 38.0 Å². The predicted molar refractivity (Wildman–Crippen MR) is 87.8 cm³/mol. The van der Waals surface area contributed by atoms with Crippen molar-refractivity contribution >= 4 is 42.8 Å². The number of aryl methyl sites for hydroxylation is 1. The molecule has 0 bridgehead atoms. The Kier molecular flexibility index (Phi) is 5.34. The summed E-state index contributed by atoms with van der Waals surface area (Å²) in [7, 11) is -7.94. The third kappa shape index (κ3) is 4.46. The number of fused-ring (bicyclic) bond motifs is 2. The molecule has 3 aromatic rings. The molecule has 1 heterocycles. The SMILES string of the molecule is COS(=O)(=O)O.Cc1cccc2c1nc1ccccc1[n+]2S(=O)(=O)[O-]. The van der Waals surface area contributed by atoms with E-state index in [1.54, 1.807) is 36.4 Å². The van der Waals surface area contributed by atoms with Gasteiger partial charge in [-0.05, 0) is 18.6 Å². The summed E-state index contributed by atoms with van der Waals surface area (Å²) in [6, 6.07) is 11.8. The molecular weight excluding hydrogens is 372 g/mol. The molecule has 0 saturated carbocycles. The fraction of sp³-hybridized carbons (Fsp3) is 0.143. The average molecular weight is 386 g/mol. The van der Waals surface area contributed by atoms with Crippen LogP contribution in [0.15, 0.2) is 42.5 Å². The number of benzene rings is 2. The van der Waals surface area contributed by atoms with Gasteiger partial charge in [-0.3, -0.25) is 8.74 Å². The second kappa shape index (κ2) is 6.98. The van der Waals surface area contributed by atoms with Crippen molar-refractivity contribution in [1.82, 2.24) is 4.98 Å². The first-order chi connectivity index (χ1) is 11.5. The van der Waals surface area contributed by atoms with Crippen LogP contribution < -0.4 is 3.97 Å². The molecule has 0 spiro atoms. The van der Waals surface area contributed by atoms with Crippen LogP contribution in [-0.2, 0) is 24.9 Å². The van der Waals surface area contributed by atoms with Gasteiger partial charge < -0.3 is 4.55 Å². The molecule has 0 aliphatic heterocycles. The zero-order chi connectivity index (χ0) is 18.8. The van der Waals surface area contributed by atoms with Gasteiger partial charge in [0.1, 0.15) is 11.0 Å². The summed E-state index contributed by atoms with van der Waals surface area (Å²) in [5, 5.41) is 0. The molecule has 0 saturated heterocycles. The molecule has 1 aromatic heterocycles. The highest BCUT2D eigenvalue weighted by atomic mass is 32.3. The third-order valence-corrected chi connectivity index (χ3v) is 4.46. The predicted octanol–water partition coefficient (Wildman–Crippen LogP) is 0.728. The Morgan fingerprint density at radius 2 is 1.60 bits per heavy atom. The topological polar surface area (TPSA) is 138 Å². The summed E-state index contributed by atoms with van der Waals surface area (Å²) in [5.74, 6) is 0. The summed E-state index contributed by atoms with van der Waals surface area (Å²) in [6.45, 7) is 1.83. The van der Waals surface area contributed by atoms with Crippen LogP contribution in [0.1, 0.15) is 5.56 Å². The van der Waals surface area contributed by atoms with Gasteiger partial charge in [0, 0.05) is 12.1 Å². The van der Waals surface area contributed by atoms with Crippen LogP contribution in [0.4, 0.5) is 0 Å². The Morgan fingerprint density at radius 3 is 2.16 bits per heavy atom. The zero-order valence-corrected chi connectivity index (χ0v) is 14.8. The lowest BCUT2D eigenvalue weighted by Gasteiger charge is -2.08. The lowest BCUT2D eigenvalue weighted by molar-refractivity contribution is -0.459. The molecule has 0 radical (unpaired) electrons. The molecule has 1 N–H and O–H groups in total. The maximum Gasteiger partial charge on any atom is 0.397 e. The van der Waals surface area contributed by atoms with E-state index in [1.165, 1.54) is 0 Å². The molecule has 134 valence electrons. The van der Waals surface area contributed by atoms with E-state index < -0.39 is 20.7 Å². The Balaban J connectivity index is 0.000000326. The molecule has 9 nitrogen and oxygen atoms in total. The summed E-state index contributed by atoms with van der Waals surface area (Å²) >= 11 is 0. The minimum atomic E-state index is -4.65. The normalized spacial score (nSPS) is 12.0. The van der Waals surface area contributed by atoms with Gasteiger partial charge in [0.15, 0.2) is 0 Å². The minimum Gasteiger partial charge on any atom is -0.693 e. The lowest BCUT2D eigenvalue weighted by Crippen LogP contribution is -2.44. The third-order valence-electron chi connectivity index (χ3n) is 3.20. The van der Waals surface area contributed by atoms with Gasteiger partial charge in [0.05, 0.1) is 7.11 Å². The number of rotatable bonds is 2. The second-order valence-electron chi connectivity index (χ2n) is 4.86. The molecule has 0 fully saturated rings. The Hall–Kier alpha value is -2.18. The highest BCUT2D eigenvalue weighted by Crippen LogP contribution is 2.17. The molecular formula is C14H14N2O7S2. The van der Waals surface area contributed by atoms with Crippen LogP contribution in [0.2, 0.25) is 0 Å². The monoisotopic (exact) mass is 386 g/mol. The molecule has 0 atom stereocenters. The lowest BCUT2D eigenvalue weighted by atomic mass is 10.2. The first-order valence-electron chi connectivity index (χ1n) is 6.74. The van der Waals surface area contributed by atoms with Crippen LogP contribution in [0.25, 0.3) is 22.1 Å². The van der Waals surface area contributed by atoms with Crippen molar-refractivity contribution in [3.05, 3.63) is 48.0 Å². The Labute approximate surface area is 144 Å². The molecule has 2 aromatic carbocycles. The van der Waals surface area contributed by atoms with Crippen molar-refractivity contribution in [3.63, 3.8) is 0 Å². The maximum absolute atomic E-state index is 11.6. The van der Waals surface area contributed by atoms with Gasteiger partial charge in [-0.2, -0.15) is 16.8 Å². The van der Waals surface area contributed by atoms with E-state index in [2.05, 4.69) is 9.17 Å². The number of hydrogen-bond donors (Lipinski definition) is 1. The molecule has 25 heavy (non-hydrogen) atoms. The van der Waals surface area contributed by atoms with E-state index in [-0.39, 0.29) is 5.52 Å². The van der Waals surface area contributed by atoms with Crippen molar-refractivity contribution in [2.75, 3.05) is 7.11 Å². The van der Waals surface area contributed by atoms with E-state index in [1.807, 2.05) is 13.0 Å². The number of nitrogens with zero attached hydrogens (tertiary/aromatic N) is 2. The van der Waals surface area contributed by atoms with Gasteiger partial charge in [-0.15, -0.1) is 0 Å². The van der Waals surface area contributed by atoms with E-state index in [4.69, 9.17) is 4.55 Å². The second-order valence-corrected chi connectivity index (χ2v) is 7.27. The van der Waals surface area contributed by atoms with Gasteiger partial charge in [-0.1, -0.05) is 28.2 Å². The fourth-order valence-corrected chi connectivity index (χ4v) is 2.96. The van der Waals surface area contributed by atoms with Crippen molar-refractivity contribution in [1.29, 1.82) is 0 Å². The van der Waals surface area contributed by atoms with Gasteiger partial charge in [0.2, 0.25) is 11.0 Å². The molecule has 0 aliphatic carbocycles. The van der Waals surface area contributed by atoms with Crippen molar-refractivity contribution in [2.24, 2.45) is 0 Å². The van der Waals surface area contributed by atoms with Crippen molar-refractivity contribution in [3.8, 4) is 0 Å². The van der Waals surface area contributed by atoms with Crippen LogP contribution in [0.5, 0.6) is 0 Å². The Morgan fingerprint density at radius 1 is 1.04 bits per heavy atom. The average Bonchev–Trinajstić information content (AvgIpc) is 2.52. The van der Waals surface area contributed by atoms with E-state index in [9.17, 15) is 21.4 Å². The number of para-hydroxylation sites is 3. The smallest absolute Gasteiger partial charge is 0.397 e. The van der Waals surface area contributed by atoms with Crippen LogP contribution >= 0.6 is 0 Å².